The number of nitrogens with zero attached hydrogens (tertiary/aromatic N) is 2. The van der Waals surface area contributed by atoms with Crippen LogP contribution in [-0.4, -0.2) is 104 Å². The van der Waals surface area contributed by atoms with Crippen LogP contribution in [0.25, 0.3) is 0 Å². The van der Waals surface area contributed by atoms with Crippen molar-refractivity contribution in [3.63, 3.8) is 0 Å². The Kier molecular flexibility index (Phi) is 19.7. The van der Waals surface area contributed by atoms with Crippen LogP contribution in [0.3, 0.4) is 0 Å². The lowest BCUT2D eigenvalue weighted by Gasteiger charge is -2.25. The SMILES string of the molecule is NCCOCCOCC#C[C@]1(n2ccc(N)nc2=O)CC[C@@H](CO)O1.O=P(O)(O)O.O=P(O)(O)O.O=P(O)(O)O. The average Bonchev–Trinajstić information content (AvgIpc) is 3.16. The van der Waals surface area contributed by atoms with Crippen molar-refractivity contribution in [1.82, 2.24) is 9.55 Å². The summed E-state index contributed by atoms with van der Waals surface area (Å²) in [4.78, 5) is 80.6. The highest BCUT2D eigenvalue weighted by Crippen LogP contribution is 2.33. The highest BCUT2D eigenvalue weighted by molar-refractivity contribution is 7.45. The number of aromatic nitrogens is 2. The molecule has 0 radical (unpaired) electrons. The number of aliphatic hydroxyl groups is 1. The van der Waals surface area contributed by atoms with Crippen LogP contribution in [0.4, 0.5) is 5.82 Å². The average molecular weight is 646 g/mol. The van der Waals surface area contributed by atoms with Gasteiger partial charge in [0.1, 0.15) is 12.4 Å². The van der Waals surface area contributed by atoms with Crippen molar-refractivity contribution in [1.29, 1.82) is 0 Å². The standard InChI is InChI=1S/C16H24N4O5.3H3O4P/c17-6-9-24-11-10-23-8-1-4-16(5-2-13(12-21)25-16)20-7-3-14(18)19-15(20)22;3*1-5(2,3)4/h3,7,13,21H,2,5-6,8-12,17H2,(H2,18,19,22);3*(H3,1,2,3,4)/t13-,16+;;;/m0.../s1. The summed E-state index contributed by atoms with van der Waals surface area (Å²) in [5.74, 6) is 5.94. The van der Waals surface area contributed by atoms with Crippen LogP contribution in [0.5, 0.6) is 0 Å². The molecule has 21 nitrogen and oxygen atoms in total. The first-order chi connectivity index (χ1) is 18.1. The fourth-order valence-electron chi connectivity index (χ4n) is 2.50. The van der Waals surface area contributed by atoms with Gasteiger partial charge >= 0.3 is 29.2 Å². The smallest absolute Gasteiger partial charge is 0.394 e. The van der Waals surface area contributed by atoms with Gasteiger partial charge in [-0.3, -0.25) is 4.57 Å². The summed E-state index contributed by atoms with van der Waals surface area (Å²) in [7, 11) is -13.9. The summed E-state index contributed by atoms with van der Waals surface area (Å²) in [6.07, 6.45) is 2.15. The summed E-state index contributed by atoms with van der Waals surface area (Å²) in [6, 6.07) is 1.51. The molecule has 40 heavy (non-hydrogen) atoms. The van der Waals surface area contributed by atoms with E-state index in [-0.39, 0.29) is 25.1 Å². The van der Waals surface area contributed by atoms with Crippen LogP contribution in [0.15, 0.2) is 17.1 Å². The first-order valence-electron chi connectivity index (χ1n) is 10.5. The normalized spacial score (nSPS) is 18.5. The molecule has 1 saturated heterocycles. The minimum atomic E-state index is -4.64. The van der Waals surface area contributed by atoms with Crippen LogP contribution >= 0.6 is 23.5 Å². The van der Waals surface area contributed by atoms with E-state index in [1.807, 2.05) is 0 Å². The van der Waals surface area contributed by atoms with Crippen LogP contribution in [0, 0.1) is 11.8 Å². The van der Waals surface area contributed by atoms with Crippen molar-refractivity contribution >= 4 is 29.3 Å². The first-order valence-corrected chi connectivity index (χ1v) is 15.2. The third kappa shape index (κ3) is 26.6. The molecular formula is C16H33N4O17P3. The monoisotopic (exact) mass is 646 g/mol. The van der Waals surface area contributed by atoms with Gasteiger partial charge in [-0.25, -0.2) is 18.5 Å². The number of anilines is 1. The summed E-state index contributed by atoms with van der Waals surface area (Å²) in [6.45, 7) is 1.81. The number of nitrogens with two attached hydrogens (primary N) is 2. The number of aliphatic hydroxyl groups excluding tert-OH is 1. The third-order valence-corrected chi connectivity index (χ3v) is 3.68. The van der Waals surface area contributed by atoms with E-state index in [4.69, 9.17) is 83.4 Å². The molecular weight excluding hydrogens is 613 g/mol. The molecule has 24 heteroatoms. The van der Waals surface area contributed by atoms with Gasteiger partial charge in [0.05, 0.1) is 32.5 Å². The van der Waals surface area contributed by atoms with Crippen molar-refractivity contribution in [2.24, 2.45) is 5.73 Å². The van der Waals surface area contributed by atoms with E-state index in [0.717, 1.165) is 0 Å². The molecule has 0 unspecified atom stereocenters. The minimum absolute atomic E-state index is 0.127. The van der Waals surface area contributed by atoms with Gasteiger partial charge in [0.2, 0.25) is 5.72 Å². The molecule has 2 rings (SSSR count). The van der Waals surface area contributed by atoms with Crippen molar-refractivity contribution in [2.45, 2.75) is 24.7 Å². The van der Waals surface area contributed by atoms with Gasteiger partial charge in [-0.15, -0.1) is 0 Å². The molecule has 14 N–H and O–H groups in total. The molecule has 1 fully saturated rings. The Bertz CT molecular complexity index is 1050. The first kappa shape index (κ1) is 40.5. The highest BCUT2D eigenvalue weighted by atomic mass is 31.2. The molecule has 2 heterocycles. The quantitative estimate of drug-likeness (QED) is 0.0724. The van der Waals surface area contributed by atoms with Gasteiger partial charge < -0.3 is 74.8 Å². The van der Waals surface area contributed by atoms with Crippen molar-refractivity contribution in [2.75, 3.05) is 45.3 Å². The number of hydrogen-bond acceptors (Lipinski definition) is 11. The van der Waals surface area contributed by atoms with Gasteiger partial charge in [0.25, 0.3) is 0 Å². The highest BCUT2D eigenvalue weighted by Gasteiger charge is 2.41. The third-order valence-electron chi connectivity index (χ3n) is 3.68. The fourth-order valence-corrected chi connectivity index (χ4v) is 2.50. The second-order valence-corrected chi connectivity index (χ2v) is 10.1. The predicted molar refractivity (Wildman–Crippen MR) is 133 cm³/mol. The summed E-state index contributed by atoms with van der Waals surface area (Å²) < 4.78 is 44.3. The molecule has 0 saturated carbocycles. The predicted octanol–water partition coefficient (Wildman–Crippen LogP) is -4.14. The van der Waals surface area contributed by atoms with Crippen molar-refractivity contribution < 1.29 is 77.1 Å². The van der Waals surface area contributed by atoms with E-state index in [1.54, 1.807) is 0 Å². The number of rotatable bonds is 8. The minimum Gasteiger partial charge on any atom is -0.394 e. The molecule has 1 aliphatic heterocycles. The Morgan fingerprint density at radius 2 is 1.50 bits per heavy atom. The number of hydrogen-bond donors (Lipinski definition) is 12. The zero-order valence-electron chi connectivity index (χ0n) is 20.6. The molecule has 0 bridgehead atoms. The topological polar surface area (TPSA) is 368 Å². The van der Waals surface area contributed by atoms with Crippen LogP contribution in [0.1, 0.15) is 12.8 Å². The van der Waals surface area contributed by atoms with Crippen LogP contribution in [0.2, 0.25) is 0 Å². The Hall–Kier alpha value is -1.63. The van der Waals surface area contributed by atoms with E-state index in [2.05, 4.69) is 16.8 Å². The summed E-state index contributed by atoms with van der Waals surface area (Å²) in [5, 5.41) is 9.33. The van der Waals surface area contributed by atoms with Crippen molar-refractivity contribution in [3.8, 4) is 11.8 Å². The van der Waals surface area contributed by atoms with Gasteiger partial charge in [0, 0.05) is 19.2 Å². The molecule has 1 aromatic rings. The van der Waals surface area contributed by atoms with Crippen LogP contribution < -0.4 is 17.2 Å². The Morgan fingerprint density at radius 3 is 1.93 bits per heavy atom. The van der Waals surface area contributed by atoms with E-state index in [0.29, 0.717) is 39.2 Å². The molecule has 234 valence electrons. The van der Waals surface area contributed by atoms with E-state index in [1.165, 1.54) is 16.8 Å². The fraction of sp³-hybridized carbons (Fsp3) is 0.625. The molecule has 0 amide bonds. The van der Waals surface area contributed by atoms with Crippen molar-refractivity contribution in [3.05, 3.63) is 22.7 Å². The lowest BCUT2D eigenvalue weighted by atomic mass is 10.1. The Balaban J connectivity index is 0. The van der Waals surface area contributed by atoms with Gasteiger partial charge in [0.15, 0.2) is 0 Å². The lowest BCUT2D eigenvalue weighted by Crippen LogP contribution is -2.41. The molecule has 1 aromatic heterocycles. The maximum absolute atomic E-state index is 12.2. The molecule has 0 aromatic carbocycles. The van der Waals surface area contributed by atoms with E-state index in [9.17, 15) is 9.90 Å². The van der Waals surface area contributed by atoms with Gasteiger partial charge in [-0.2, -0.15) is 4.98 Å². The second-order valence-electron chi connectivity index (χ2n) is 7.05. The van der Waals surface area contributed by atoms with E-state index >= 15 is 0 Å². The zero-order chi connectivity index (χ0) is 31.6. The number of ether oxygens (including phenoxy) is 3. The largest absolute Gasteiger partial charge is 0.466 e. The van der Waals surface area contributed by atoms with Gasteiger partial charge in [-0.05, 0) is 18.4 Å². The van der Waals surface area contributed by atoms with Gasteiger partial charge in [-0.1, -0.05) is 5.92 Å². The molecule has 1 aliphatic rings. The number of nitrogen functional groups attached to an aromatic ring is 1. The summed E-state index contributed by atoms with van der Waals surface area (Å²) in [5.41, 5.74) is 9.12. The lowest BCUT2D eigenvalue weighted by molar-refractivity contribution is -0.0727. The molecule has 0 aliphatic carbocycles. The number of phosphoric acid groups is 3. The Morgan fingerprint density at radius 1 is 1.00 bits per heavy atom. The summed E-state index contributed by atoms with van der Waals surface area (Å²) >= 11 is 0. The van der Waals surface area contributed by atoms with E-state index < -0.39 is 34.9 Å². The van der Waals surface area contributed by atoms with Crippen LogP contribution in [-0.2, 0) is 33.6 Å². The Labute approximate surface area is 226 Å². The second kappa shape index (κ2) is 19.5. The maximum Gasteiger partial charge on any atom is 0.466 e. The molecule has 2 atom stereocenters. The maximum atomic E-state index is 12.2. The molecule has 0 spiro atoms. The zero-order valence-corrected chi connectivity index (χ0v) is 23.3.